The topological polar surface area (TPSA) is 23.8 Å². The number of nitrogens with zero attached hydrogens (tertiary/aromatic N) is 1. The van der Waals surface area contributed by atoms with Gasteiger partial charge in [-0.05, 0) is 24.1 Å². The van der Waals surface area contributed by atoms with Crippen molar-refractivity contribution in [1.82, 2.24) is 0 Å². The standard InChI is InChI=1S/C16H13N/c1-13-7-9-15(10-8-13)16(12-17)11-14-5-3-2-4-6-14/h2-11H,1H3/b16-11-. The molecule has 2 aromatic carbocycles. The average Bonchev–Trinajstić information content (AvgIpc) is 2.38. The quantitative estimate of drug-likeness (QED) is 0.552. The molecule has 0 aliphatic carbocycles. The monoisotopic (exact) mass is 219 g/mol. The normalized spacial score (nSPS) is 10.9. The molecule has 2 aromatic rings. The molecule has 0 fully saturated rings. The smallest absolute Gasteiger partial charge is 0.0998 e. The molecule has 0 saturated heterocycles. The van der Waals surface area contributed by atoms with E-state index < -0.39 is 0 Å². The van der Waals surface area contributed by atoms with Gasteiger partial charge in [0.15, 0.2) is 0 Å². The van der Waals surface area contributed by atoms with Crippen LogP contribution in [0.2, 0.25) is 0 Å². The van der Waals surface area contributed by atoms with Crippen LogP contribution in [0.1, 0.15) is 16.7 Å². The molecular formula is C16H13N. The summed E-state index contributed by atoms with van der Waals surface area (Å²) in [5, 5.41) is 9.19. The summed E-state index contributed by atoms with van der Waals surface area (Å²) in [6.07, 6.45) is 1.91. The second-order valence-corrected chi connectivity index (χ2v) is 3.95. The van der Waals surface area contributed by atoms with Crippen molar-refractivity contribution in [3.05, 3.63) is 71.3 Å². The van der Waals surface area contributed by atoms with Crippen molar-refractivity contribution >= 4 is 11.6 Å². The summed E-state index contributed by atoms with van der Waals surface area (Å²) < 4.78 is 0. The number of benzene rings is 2. The SMILES string of the molecule is Cc1ccc(/C(C#N)=C\c2ccccc2)cc1. The first-order chi connectivity index (χ1) is 8.29. The molecule has 0 saturated carbocycles. The first-order valence-electron chi connectivity index (χ1n) is 5.53. The van der Waals surface area contributed by atoms with Gasteiger partial charge in [-0.2, -0.15) is 5.26 Å². The zero-order valence-corrected chi connectivity index (χ0v) is 9.72. The molecule has 0 unspecified atom stereocenters. The molecule has 0 aliphatic heterocycles. The Kier molecular flexibility index (Phi) is 3.37. The highest BCUT2D eigenvalue weighted by Gasteiger charge is 2.00. The predicted octanol–water partition coefficient (Wildman–Crippen LogP) is 4.06. The molecule has 1 nitrogen and oxygen atoms in total. The Bertz CT molecular complexity index is 557. The van der Waals surface area contributed by atoms with Crippen LogP contribution < -0.4 is 0 Å². The van der Waals surface area contributed by atoms with Gasteiger partial charge in [-0.3, -0.25) is 0 Å². The lowest BCUT2D eigenvalue weighted by atomic mass is 10.0. The zero-order valence-electron chi connectivity index (χ0n) is 9.72. The van der Waals surface area contributed by atoms with Crippen molar-refractivity contribution in [1.29, 1.82) is 5.26 Å². The fraction of sp³-hybridized carbons (Fsp3) is 0.0625. The Balaban J connectivity index is 2.38. The van der Waals surface area contributed by atoms with Crippen molar-refractivity contribution in [2.24, 2.45) is 0 Å². The zero-order chi connectivity index (χ0) is 12.1. The van der Waals surface area contributed by atoms with Crippen LogP contribution in [0.5, 0.6) is 0 Å². The number of hydrogen-bond donors (Lipinski definition) is 0. The maximum Gasteiger partial charge on any atom is 0.0998 e. The van der Waals surface area contributed by atoms with Gasteiger partial charge in [-0.1, -0.05) is 60.2 Å². The fourth-order valence-corrected chi connectivity index (χ4v) is 1.63. The number of aryl methyl sites for hydroxylation is 1. The third-order valence-corrected chi connectivity index (χ3v) is 2.59. The molecule has 2 rings (SSSR count). The van der Waals surface area contributed by atoms with E-state index >= 15 is 0 Å². The third-order valence-electron chi connectivity index (χ3n) is 2.59. The minimum Gasteiger partial charge on any atom is -0.192 e. The van der Waals surface area contributed by atoms with Gasteiger partial charge in [-0.15, -0.1) is 0 Å². The van der Waals surface area contributed by atoms with E-state index in [9.17, 15) is 5.26 Å². The van der Waals surface area contributed by atoms with E-state index in [2.05, 4.69) is 6.07 Å². The molecule has 0 heterocycles. The van der Waals surface area contributed by atoms with Gasteiger partial charge in [0.25, 0.3) is 0 Å². The first kappa shape index (κ1) is 11.2. The molecule has 0 aromatic heterocycles. The number of allylic oxidation sites excluding steroid dienone is 1. The molecule has 0 aliphatic rings. The Hall–Kier alpha value is -2.33. The molecule has 82 valence electrons. The minimum atomic E-state index is 0.691. The highest BCUT2D eigenvalue weighted by atomic mass is 14.2. The summed E-state index contributed by atoms with van der Waals surface area (Å²) in [6.45, 7) is 2.04. The first-order valence-corrected chi connectivity index (χ1v) is 5.53. The summed E-state index contributed by atoms with van der Waals surface area (Å²) in [5.74, 6) is 0. The van der Waals surface area contributed by atoms with E-state index in [1.165, 1.54) is 5.56 Å². The van der Waals surface area contributed by atoms with Crippen LogP contribution in [0.25, 0.3) is 11.6 Å². The van der Waals surface area contributed by atoms with Crippen molar-refractivity contribution in [3.63, 3.8) is 0 Å². The van der Waals surface area contributed by atoms with Gasteiger partial charge in [0.2, 0.25) is 0 Å². The summed E-state index contributed by atoms with van der Waals surface area (Å²) in [5.41, 5.74) is 3.90. The van der Waals surface area contributed by atoms with Gasteiger partial charge < -0.3 is 0 Å². The summed E-state index contributed by atoms with van der Waals surface area (Å²) in [7, 11) is 0. The molecule has 0 N–H and O–H groups in total. The number of hydrogen-bond acceptors (Lipinski definition) is 1. The second-order valence-electron chi connectivity index (χ2n) is 3.95. The number of rotatable bonds is 2. The Labute approximate surface area is 102 Å². The van der Waals surface area contributed by atoms with Crippen molar-refractivity contribution in [2.45, 2.75) is 6.92 Å². The van der Waals surface area contributed by atoms with E-state index in [0.717, 1.165) is 11.1 Å². The van der Waals surface area contributed by atoms with Crippen LogP contribution in [0.3, 0.4) is 0 Å². The molecule has 0 amide bonds. The minimum absolute atomic E-state index is 0.691. The summed E-state index contributed by atoms with van der Waals surface area (Å²) in [6, 6.07) is 20.1. The van der Waals surface area contributed by atoms with Crippen LogP contribution in [0, 0.1) is 18.3 Å². The molecule has 0 bridgehead atoms. The van der Waals surface area contributed by atoms with E-state index in [4.69, 9.17) is 0 Å². The van der Waals surface area contributed by atoms with Crippen LogP contribution in [0.4, 0.5) is 0 Å². The molecular weight excluding hydrogens is 206 g/mol. The largest absolute Gasteiger partial charge is 0.192 e. The van der Waals surface area contributed by atoms with Gasteiger partial charge in [-0.25, -0.2) is 0 Å². The maximum atomic E-state index is 9.19. The van der Waals surface area contributed by atoms with Gasteiger partial charge >= 0.3 is 0 Å². The van der Waals surface area contributed by atoms with E-state index in [-0.39, 0.29) is 0 Å². The lowest BCUT2D eigenvalue weighted by molar-refractivity contribution is 1.45. The van der Waals surface area contributed by atoms with Crippen LogP contribution in [-0.2, 0) is 0 Å². The van der Waals surface area contributed by atoms with E-state index in [1.807, 2.05) is 67.6 Å². The average molecular weight is 219 g/mol. The third kappa shape index (κ3) is 2.83. The lowest BCUT2D eigenvalue weighted by Crippen LogP contribution is -1.82. The highest BCUT2D eigenvalue weighted by Crippen LogP contribution is 2.17. The van der Waals surface area contributed by atoms with E-state index in [0.29, 0.717) is 5.57 Å². The van der Waals surface area contributed by atoms with Crippen molar-refractivity contribution < 1.29 is 0 Å². The van der Waals surface area contributed by atoms with Gasteiger partial charge in [0.1, 0.15) is 0 Å². The lowest BCUT2D eigenvalue weighted by Gasteiger charge is -2.00. The molecule has 0 spiro atoms. The molecule has 0 radical (unpaired) electrons. The summed E-state index contributed by atoms with van der Waals surface area (Å²) in [4.78, 5) is 0. The van der Waals surface area contributed by atoms with Crippen molar-refractivity contribution in [3.8, 4) is 6.07 Å². The van der Waals surface area contributed by atoms with Gasteiger partial charge in [0.05, 0.1) is 11.6 Å². The fourth-order valence-electron chi connectivity index (χ4n) is 1.63. The van der Waals surface area contributed by atoms with Crippen molar-refractivity contribution in [2.75, 3.05) is 0 Å². The Morgan fingerprint density at radius 2 is 1.65 bits per heavy atom. The van der Waals surface area contributed by atoms with Crippen LogP contribution in [-0.4, -0.2) is 0 Å². The van der Waals surface area contributed by atoms with Gasteiger partial charge in [0, 0.05) is 0 Å². The highest BCUT2D eigenvalue weighted by molar-refractivity contribution is 5.89. The number of nitriles is 1. The Morgan fingerprint density at radius 1 is 1.00 bits per heavy atom. The van der Waals surface area contributed by atoms with Crippen LogP contribution in [0.15, 0.2) is 54.6 Å². The second kappa shape index (κ2) is 5.14. The maximum absolute atomic E-state index is 9.19. The van der Waals surface area contributed by atoms with Crippen LogP contribution >= 0.6 is 0 Å². The predicted molar refractivity (Wildman–Crippen MR) is 71.1 cm³/mol. The molecule has 17 heavy (non-hydrogen) atoms. The summed E-state index contributed by atoms with van der Waals surface area (Å²) >= 11 is 0. The Morgan fingerprint density at radius 3 is 2.24 bits per heavy atom. The molecule has 1 heteroatoms. The van der Waals surface area contributed by atoms with E-state index in [1.54, 1.807) is 0 Å². The molecule has 0 atom stereocenters.